The molecule has 4 heteroatoms. The minimum absolute atomic E-state index is 0.0554. The third-order valence-corrected chi connectivity index (χ3v) is 12.0. The number of rotatable bonds is 6. The number of hydrogen-bond acceptors (Lipinski definition) is 4. The Morgan fingerprint density at radius 2 is 0.780 bits per heavy atom. The standard InChI is InChI=1S/C37H54N2O2/c38-36-19-1-24(22-34(36)30-7-3-26(4-8-30)28-11-15-32(40)16-12-28)21-25-2-20-37(39)35(23-25)31-9-5-27(6-10-31)29-13-17-33(41)18-14-29/h1-2,19-20,22-23,26-33,40-41H,3-18,21,38-39H2. The first kappa shape index (κ1) is 29.1. The molecule has 6 rings (SSSR count). The van der Waals surface area contributed by atoms with Crippen molar-refractivity contribution in [3.63, 3.8) is 0 Å². The van der Waals surface area contributed by atoms with Crippen LogP contribution < -0.4 is 11.5 Å². The molecule has 0 aromatic heterocycles. The van der Waals surface area contributed by atoms with Crippen molar-refractivity contribution in [1.82, 2.24) is 0 Å². The zero-order valence-electron chi connectivity index (χ0n) is 25.2. The molecular weight excluding hydrogens is 504 g/mol. The van der Waals surface area contributed by atoms with Crippen molar-refractivity contribution < 1.29 is 10.2 Å². The molecule has 0 unspecified atom stereocenters. The molecule has 2 aromatic carbocycles. The number of nitrogens with two attached hydrogens (primary N) is 2. The number of aliphatic hydroxyl groups is 2. The van der Waals surface area contributed by atoms with E-state index >= 15 is 0 Å². The minimum atomic E-state index is -0.0554. The highest BCUT2D eigenvalue weighted by Gasteiger charge is 2.33. The minimum Gasteiger partial charge on any atom is -0.398 e. The molecule has 2 aromatic rings. The average molecular weight is 559 g/mol. The van der Waals surface area contributed by atoms with Crippen molar-refractivity contribution in [3.05, 3.63) is 58.7 Å². The fraction of sp³-hybridized carbons (Fsp3) is 0.676. The van der Waals surface area contributed by atoms with Crippen molar-refractivity contribution in [2.75, 3.05) is 11.5 Å². The summed E-state index contributed by atoms with van der Waals surface area (Å²) in [5.41, 5.74) is 20.5. The van der Waals surface area contributed by atoms with Gasteiger partial charge in [-0.15, -0.1) is 0 Å². The van der Waals surface area contributed by atoms with Crippen molar-refractivity contribution in [2.45, 2.75) is 133 Å². The molecule has 6 N–H and O–H groups in total. The average Bonchev–Trinajstić information content (AvgIpc) is 3.00. The van der Waals surface area contributed by atoms with Crippen LogP contribution in [0.1, 0.15) is 137 Å². The van der Waals surface area contributed by atoms with Crippen LogP contribution in [0.5, 0.6) is 0 Å². The van der Waals surface area contributed by atoms with Crippen LogP contribution in [0.15, 0.2) is 36.4 Å². The van der Waals surface area contributed by atoms with Crippen LogP contribution in [0.2, 0.25) is 0 Å². The van der Waals surface area contributed by atoms with Gasteiger partial charge in [-0.3, -0.25) is 0 Å². The van der Waals surface area contributed by atoms with Gasteiger partial charge in [0.05, 0.1) is 12.2 Å². The predicted molar refractivity (Wildman–Crippen MR) is 170 cm³/mol. The third kappa shape index (κ3) is 6.96. The van der Waals surface area contributed by atoms with E-state index in [1.165, 1.54) is 99.3 Å². The molecule has 4 aliphatic carbocycles. The number of benzene rings is 2. The topological polar surface area (TPSA) is 92.5 Å². The summed E-state index contributed by atoms with van der Waals surface area (Å²) in [5, 5.41) is 19.8. The summed E-state index contributed by atoms with van der Waals surface area (Å²) in [4.78, 5) is 0. The lowest BCUT2D eigenvalue weighted by Gasteiger charge is -2.37. The van der Waals surface area contributed by atoms with E-state index < -0.39 is 0 Å². The largest absolute Gasteiger partial charge is 0.398 e. The Hall–Kier alpha value is -2.04. The highest BCUT2D eigenvalue weighted by atomic mass is 16.3. The number of aliphatic hydroxyl groups excluding tert-OH is 2. The Kier molecular flexibility index (Phi) is 9.27. The van der Waals surface area contributed by atoms with E-state index in [9.17, 15) is 10.2 Å². The fourth-order valence-electron chi connectivity index (χ4n) is 9.36. The molecule has 0 amide bonds. The Morgan fingerprint density at radius 3 is 1.12 bits per heavy atom. The van der Waals surface area contributed by atoms with Gasteiger partial charge in [0.25, 0.3) is 0 Å². The van der Waals surface area contributed by atoms with Crippen LogP contribution in [0.25, 0.3) is 0 Å². The van der Waals surface area contributed by atoms with Crippen LogP contribution >= 0.6 is 0 Å². The molecule has 4 aliphatic rings. The normalized spacial score (nSPS) is 34.8. The monoisotopic (exact) mass is 558 g/mol. The van der Waals surface area contributed by atoms with Gasteiger partial charge in [0.2, 0.25) is 0 Å². The van der Waals surface area contributed by atoms with Gasteiger partial charge in [-0.05, 0) is 179 Å². The van der Waals surface area contributed by atoms with E-state index in [0.29, 0.717) is 11.8 Å². The van der Waals surface area contributed by atoms with Crippen LogP contribution in [0.3, 0.4) is 0 Å². The van der Waals surface area contributed by atoms with Crippen molar-refractivity contribution in [1.29, 1.82) is 0 Å². The summed E-state index contributed by atoms with van der Waals surface area (Å²) in [6, 6.07) is 13.5. The molecule has 0 saturated heterocycles. The number of hydrogen-bond donors (Lipinski definition) is 4. The van der Waals surface area contributed by atoms with E-state index in [-0.39, 0.29) is 12.2 Å². The van der Waals surface area contributed by atoms with Crippen molar-refractivity contribution in [3.8, 4) is 0 Å². The number of nitrogen functional groups attached to an aromatic ring is 2. The lowest BCUT2D eigenvalue weighted by atomic mass is 9.69. The van der Waals surface area contributed by atoms with Gasteiger partial charge in [-0.25, -0.2) is 0 Å². The smallest absolute Gasteiger partial charge is 0.0540 e. The van der Waals surface area contributed by atoms with Crippen molar-refractivity contribution >= 4 is 11.4 Å². The maximum absolute atomic E-state index is 9.91. The second-order valence-electron chi connectivity index (χ2n) is 14.5. The number of anilines is 2. The molecule has 0 aliphatic heterocycles. The van der Waals surface area contributed by atoms with Crippen LogP contribution in [0, 0.1) is 23.7 Å². The Balaban J connectivity index is 1.06. The lowest BCUT2D eigenvalue weighted by molar-refractivity contribution is 0.0803. The maximum Gasteiger partial charge on any atom is 0.0540 e. The Bertz CT molecular complexity index is 1040. The van der Waals surface area contributed by atoms with Gasteiger partial charge >= 0.3 is 0 Å². The SMILES string of the molecule is Nc1ccc(Cc2ccc(N)c(C3CCC(C4CCC(O)CC4)CC3)c2)cc1C1CCC(C2CCC(O)CC2)CC1. The quantitative estimate of drug-likeness (QED) is 0.270. The van der Waals surface area contributed by atoms with Gasteiger partial charge in [0, 0.05) is 11.4 Å². The molecule has 4 saturated carbocycles. The van der Waals surface area contributed by atoms with E-state index in [1.54, 1.807) is 0 Å². The predicted octanol–water partition coefficient (Wildman–Crippen LogP) is 8.09. The lowest BCUT2D eigenvalue weighted by Crippen LogP contribution is -2.27. The van der Waals surface area contributed by atoms with Gasteiger partial charge in [0.1, 0.15) is 0 Å². The molecule has 0 spiro atoms. The van der Waals surface area contributed by atoms with Crippen LogP contribution in [-0.4, -0.2) is 22.4 Å². The fourth-order valence-corrected chi connectivity index (χ4v) is 9.36. The maximum atomic E-state index is 9.91. The van der Waals surface area contributed by atoms with E-state index in [4.69, 9.17) is 11.5 Å². The first-order valence-corrected chi connectivity index (χ1v) is 17.1. The molecule has 224 valence electrons. The van der Waals surface area contributed by atoms with E-state index in [1.807, 2.05) is 0 Å². The zero-order valence-corrected chi connectivity index (χ0v) is 25.2. The first-order valence-electron chi connectivity index (χ1n) is 17.1. The molecular formula is C37H54N2O2. The van der Waals surface area contributed by atoms with Gasteiger partial charge in [-0.1, -0.05) is 24.3 Å². The first-order chi connectivity index (χ1) is 19.9. The van der Waals surface area contributed by atoms with E-state index in [2.05, 4.69) is 36.4 Å². The summed E-state index contributed by atoms with van der Waals surface area (Å²) in [7, 11) is 0. The second-order valence-corrected chi connectivity index (χ2v) is 14.5. The Labute approximate surface area is 248 Å². The van der Waals surface area contributed by atoms with Crippen LogP contribution in [0.4, 0.5) is 11.4 Å². The summed E-state index contributed by atoms with van der Waals surface area (Å²) in [5.74, 6) is 4.46. The molecule has 4 nitrogen and oxygen atoms in total. The molecule has 0 radical (unpaired) electrons. The van der Waals surface area contributed by atoms with Crippen LogP contribution in [-0.2, 0) is 6.42 Å². The molecule has 0 bridgehead atoms. The molecule has 0 heterocycles. The summed E-state index contributed by atoms with van der Waals surface area (Å²) in [6.07, 6.45) is 19.9. The highest BCUT2D eigenvalue weighted by Crippen LogP contribution is 2.46. The third-order valence-electron chi connectivity index (χ3n) is 12.0. The summed E-state index contributed by atoms with van der Waals surface area (Å²) >= 11 is 0. The molecule has 41 heavy (non-hydrogen) atoms. The van der Waals surface area contributed by atoms with Gasteiger partial charge in [0.15, 0.2) is 0 Å². The molecule has 0 atom stereocenters. The summed E-state index contributed by atoms with van der Waals surface area (Å²) in [6.45, 7) is 0. The van der Waals surface area contributed by atoms with Gasteiger partial charge in [-0.2, -0.15) is 0 Å². The highest BCUT2D eigenvalue weighted by molar-refractivity contribution is 5.53. The van der Waals surface area contributed by atoms with Gasteiger partial charge < -0.3 is 21.7 Å². The molecule has 4 fully saturated rings. The summed E-state index contributed by atoms with van der Waals surface area (Å²) < 4.78 is 0. The van der Waals surface area contributed by atoms with E-state index in [0.717, 1.165) is 67.2 Å². The van der Waals surface area contributed by atoms with Crippen molar-refractivity contribution in [2.24, 2.45) is 23.7 Å². The second kappa shape index (κ2) is 13.1. The Morgan fingerprint density at radius 1 is 0.463 bits per heavy atom. The zero-order chi connectivity index (χ0) is 28.3.